The van der Waals surface area contributed by atoms with Crippen LogP contribution in [0, 0.1) is 6.92 Å². The average Bonchev–Trinajstić information content (AvgIpc) is 2.78. The van der Waals surface area contributed by atoms with E-state index in [1.54, 1.807) is 12.1 Å². The van der Waals surface area contributed by atoms with Crippen molar-refractivity contribution < 1.29 is 5.11 Å². The molecule has 2 aromatic carbocycles. The molecule has 0 saturated carbocycles. The van der Waals surface area contributed by atoms with Crippen molar-refractivity contribution in [1.29, 1.82) is 0 Å². The zero-order valence-electron chi connectivity index (χ0n) is 12.2. The first-order valence-corrected chi connectivity index (χ1v) is 6.97. The van der Waals surface area contributed by atoms with E-state index in [1.807, 2.05) is 12.1 Å². The van der Waals surface area contributed by atoms with Gasteiger partial charge in [0, 0.05) is 5.69 Å². The Kier molecular flexibility index (Phi) is 3.09. The Morgan fingerprint density at radius 3 is 2.33 bits per heavy atom. The first-order valence-electron chi connectivity index (χ1n) is 6.97. The lowest BCUT2D eigenvalue weighted by atomic mass is 9.90. The number of aryl methyl sites for hydroxylation is 1. The topological polar surface area (TPSA) is 61.8 Å². The first-order chi connectivity index (χ1) is 10.0. The minimum Gasteiger partial charge on any atom is -0.508 e. The van der Waals surface area contributed by atoms with Crippen molar-refractivity contribution in [3.63, 3.8) is 0 Å². The van der Waals surface area contributed by atoms with Crippen molar-refractivity contribution in [3.05, 3.63) is 59.7 Å². The van der Waals surface area contributed by atoms with Crippen LogP contribution in [0.1, 0.15) is 18.1 Å². The van der Waals surface area contributed by atoms with Gasteiger partial charge in [0.1, 0.15) is 5.75 Å². The molecule has 0 radical (unpaired) electrons. The summed E-state index contributed by atoms with van der Waals surface area (Å²) < 4.78 is 0. The fourth-order valence-corrected chi connectivity index (χ4v) is 2.78. The van der Waals surface area contributed by atoms with E-state index >= 15 is 0 Å². The summed E-state index contributed by atoms with van der Waals surface area (Å²) in [6, 6.07) is 15.5. The highest BCUT2D eigenvalue weighted by atomic mass is 16.3. The zero-order chi connectivity index (χ0) is 15.0. The molecule has 4 heteroatoms. The van der Waals surface area contributed by atoms with Gasteiger partial charge in [0.25, 0.3) is 0 Å². The molecule has 3 rings (SSSR count). The smallest absolute Gasteiger partial charge is 0.196 e. The number of phenolic OH excluding ortho intramolecular Hbond substituents is 1. The highest BCUT2D eigenvalue weighted by Crippen LogP contribution is 2.37. The molecule has 3 N–H and O–H groups in total. The van der Waals surface area contributed by atoms with Crippen LogP contribution in [-0.4, -0.2) is 17.6 Å². The van der Waals surface area contributed by atoms with E-state index in [0.717, 1.165) is 11.3 Å². The number of anilines is 1. The molecule has 108 valence electrons. The van der Waals surface area contributed by atoms with Crippen LogP contribution in [0.4, 0.5) is 5.69 Å². The standard InChI is InChI=1S/C17H19N3O/c1-12-3-7-14(8-4-12)20-16(18)19-11-17(20,2)13-5-9-15(21)10-6-13/h3-10,21H,11H2,1-2H3,(H2,18,19). The van der Waals surface area contributed by atoms with E-state index in [4.69, 9.17) is 5.73 Å². The van der Waals surface area contributed by atoms with Gasteiger partial charge in [0.15, 0.2) is 5.96 Å². The summed E-state index contributed by atoms with van der Waals surface area (Å²) in [5.41, 5.74) is 9.08. The molecule has 1 heterocycles. The van der Waals surface area contributed by atoms with Gasteiger partial charge in [-0.25, -0.2) is 0 Å². The van der Waals surface area contributed by atoms with E-state index in [-0.39, 0.29) is 11.3 Å². The number of hydrogen-bond acceptors (Lipinski definition) is 4. The minimum absolute atomic E-state index is 0.260. The highest BCUT2D eigenvalue weighted by Gasteiger charge is 2.40. The second kappa shape index (κ2) is 4.81. The molecule has 4 nitrogen and oxygen atoms in total. The van der Waals surface area contributed by atoms with Gasteiger partial charge >= 0.3 is 0 Å². The summed E-state index contributed by atoms with van der Waals surface area (Å²) in [5.74, 6) is 0.783. The van der Waals surface area contributed by atoms with E-state index in [1.165, 1.54) is 5.56 Å². The summed E-state index contributed by atoms with van der Waals surface area (Å²) in [7, 11) is 0. The molecule has 1 aliphatic rings. The highest BCUT2D eigenvalue weighted by molar-refractivity contribution is 5.98. The molecule has 0 bridgehead atoms. The summed E-state index contributed by atoms with van der Waals surface area (Å²) >= 11 is 0. The molecule has 0 saturated heterocycles. The first kappa shape index (κ1) is 13.5. The maximum Gasteiger partial charge on any atom is 0.196 e. The fraction of sp³-hybridized carbons (Fsp3) is 0.235. The van der Waals surface area contributed by atoms with Gasteiger partial charge in [-0.3, -0.25) is 4.99 Å². The number of hydrogen-bond donors (Lipinski definition) is 2. The van der Waals surface area contributed by atoms with Crippen molar-refractivity contribution in [1.82, 2.24) is 0 Å². The second-order valence-electron chi connectivity index (χ2n) is 5.67. The Bertz CT molecular complexity index is 676. The molecule has 0 spiro atoms. The van der Waals surface area contributed by atoms with Gasteiger partial charge < -0.3 is 15.7 Å². The van der Waals surface area contributed by atoms with Crippen LogP contribution in [0.5, 0.6) is 5.75 Å². The lowest BCUT2D eigenvalue weighted by Crippen LogP contribution is -2.47. The molecule has 1 atom stereocenters. The molecular formula is C17H19N3O. The van der Waals surface area contributed by atoms with E-state index in [9.17, 15) is 5.11 Å². The van der Waals surface area contributed by atoms with Gasteiger partial charge in [0.05, 0.1) is 12.1 Å². The average molecular weight is 281 g/mol. The predicted octanol–water partition coefficient (Wildman–Crippen LogP) is 2.75. The Morgan fingerprint density at radius 1 is 1.10 bits per heavy atom. The number of guanidine groups is 1. The van der Waals surface area contributed by atoms with Crippen molar-refractivity contribution in [2.75, 3.05) is 11.4 Å². The quantitative estimate of drug-likeness (QED) is 0.889. The molecule has 1 aliphatic heterocycles. The molecule has 1 unspecified atom stereocenters. The number of rotatable bonds is 2. The molecule has 0 aliphatic carbocycles. The normalized spacial score (nSPS) is 21.4. The monoisotopic (exact) mass is 281 g/mol. The number of nitrogens with zero attached hydrogens (tertiary/aromatic N) is 2. The summed E-state index contributed by atoms with van der Waals surface area (Å²) in [6.45, 7) is 4.77. The van der Waals surface area contributed by atoms with Crippen LogP contribution in [0.25, 0.3) is 0 Å². The van der Waals surface area contributed by atoms with Crippen LogP contribution in [0.15, 0.2) is 53.5 Å². The van der Waals surface area contributed by atoms with Gasteiger partial charge in [-0.15, -0.1) is 0 Å². The molecular weight excluding hydrogens is 262 g/mol. The fourth-order valence-electron chi connectivity index (χ4n) is 2.78. The summed E-state index contributed by atoms with van der Waals surface area (Å²) in [5, 5.41) is 9.48. The zero-order valence-corrected chi connectivity index (χ0v) is 12.2. The van der Waals surface area contributed by atoms with Crippen molar-refractivity contribution in [3.8, 4) is 5.75 Å². The van der Waals surface area contributed by atoms with Crippen molar-refractivity contribution in [2.24, 2.45) is 10.7 Å². The van der Waals surface area contributed by atoms with Gasteiger partial charge in [0.2, 0.25) is 0 Å². The Morgan fingerprint density at radius 2 is 1.71 bits per heavy atom. The number of phenols is 1. The number of nitrogens with two attached hydrogens (primary N) is 1. The number of benzene rings is 2. The van der Waals surface area contributed by atoms with Gasteiger partial charge in [-0.05, 0) is 43.7 Å². The van der Waals surface area contributed by atoms with Crippen LogP contribution in [0.3, 0.4) is 0 Å². The lowest BCUT2D eigenvalue weighted by Gasteiger charge is -2.36. The van der Waals surface area contributed by atoms with Crippen LogP contribution >= 0.6 is 0 Å². The summed E-state index contributed by atoms with van der Waals surface area (Å²) in [6.07, 6.45) is 0. The predicted molar refractivity (Wildman–Crippen MR) is 85.6 cm³/mol. The van der Waals surface area contributed by atoms with Gasteiger partial charge in [-0.1, -0.05) is 29.8 Å². The maximum atomic E-state index is 9.48. The molecule has 0 amide bonds. The van der Waals surface area contributed by atoms with Gasteiger partial charge in [-0.2, -0.15) is 0 Å². The molecule has 21 heavy (non-hydrogen) atoms. The van der Waals surface area contributed by atoms with Crippen LogP contribution in [0.2, 0.25) is 0 Å². The molecule has 2 aromatic rings. The molecule has 0 fully saturated rings. The molecule has 0 aromatic heterocycles. The SMILES string of the molecule is Cc1ccc(N2C(N)=NCC2(C)c2ccc(O)cc2)cc1. The van der Waals surface area contributed by atoms with Crippen molar-refractivity contribution in [2.45, 2.75) is 19.4 Å². The largest absolute Gasteiger partial charge is 0.508 e. The third kappa shape index (κ3) is 2.23. The summed E-state index contributed by atoms with van der Waals surface area (Å²) in [4.78, 5) is 6.48. The second-order valence-corrected chi connectivity index (χ2v) is 5.67. The third-order valence-corrected chi connectivity index (χ3v) is 4.05. The number of aromatic hydroxyl groups is 1. The van der Waals surface area contributed by atoms with E-state index in [2.05, 4.69) is 48.0 Å². The maximum absolute atomic E-state index is 9.48. The van der Waals surface area contributed by atoms with Crippen LogP contribution < -0.4 is 10.6 Å². The number of aliphatic imine (C=N–C) groups is 1. The Labute approximate surface area is 124 Å². The Hall–Kier alpha value is -2.49. The Balaban J connectivity index is 2.05. The van der Waals surface area contributed by atoms with Crippen molar-refractivity contribution >= 4 is 11.6 Å². The van der Waals surface area contributed by atoms with Crippen LogP contribution in [-0.2, 0) is 5.54 Å². The van der Waals surface area contributed by atoms with E-state index in [0.29, 0.717) is 12.5 Å². The third-order valence-electron chi connectivity index (χ3n) is 4.05. The minimum atomic E-state index is -0.340. The van der Waals surface area contributed by atoms with E-state index < -0.39 is 0 Å². The lowest BCUT2D eigenvalue weighted by molar-refractivity contribution is 0.473.